The van der Waals surface area contributed by atoms with Crippen molar-refractivity contribution in [3.05, 3.63) is 107 Å². The summed E-state index contributed by atoms with van der Waals surface area (Å²) >= 11 is 1.30. The molecular weight excluding hydrogens is 380 g/mol. The molecule has 0 fully saturated rings. The van der Waals surface area contributed by atoms with E-state index >= 15 is 0 Å². The lowest BCUT2D eigenvalue weighted by Crippen LogP contribution is -2.02. The minimum Gasteiger partial charge on any atom is -0.331 e. The molecule has 0 bridgehead atoms. The number of hydrazone groups is 1. The van der Waals surface area contributed by atoms with Crippen molar-refractivity contribution in [1.82, 2.24) is 4.98 Å². The summed E-state index contributed by atoms with van der Waals surface area (Å²) in [6.07, 6.45) is 1.69. The van der Waals surface area contributed by atoms with E-state index < -0.39 is 0 Å². The average Bonchev–Trinajstić information content (AvgIpc) is 3.17. The molecule has 0 aliphatic carbocycles. The topological polar surface area (TPSA) is 66.4 Å². The molecule has 4 aromatic rings. The number of rotatable bonds is 7. The van der Waals surface area contributed by atoms with Crippen molar-refractivity contribution in [2.75, 3.05) is 10.7 Å². The lowest BCUT2D eigenvalue weighted by Gasteiger charge is -2.01. The summed E-state index contributed by atoms with van der Waals surface area (Å²) in [7, 11) is 0. The number of benzene rings is 3. The van der Waals surface area contributed by atoms with Crippen LogP contribution >= 0.6 is 11.3 Å². The fourth-order valence-corrected chi connectivity index (χ4v) is 3.57. The van der Waals surface area contributed by atoms with Gasteiger partial charge >= 0.3 is 0 Å². The molecular formula is C23H18N4OS. The van der Waals surface area contributed by atoms with Crippen LogP contribution in [0.2, 0.25) is 0 Å². The lowest BCUT2D eigenvalue weighted by molar-refractivity contribution is 0.104. The van der Waals surface area contributed by atoms with E-state index in [2.05, 4.69) is 20.8 Å². The first-order valence-electron chi connectivity index (χ1n) is 9.06. The Balaban J connectivity index is 1.62. The first-order valence-corrected chi connectivity index (χ1v) is 9.88. The quantitative estimate of drug-likeness (QED) is 0.243. The minimum atomic E-state index is -0.0957. The number of hydrogen-bond acceptors (Lipinski definition) is 6. The molecule has 3 aromatic carbocycles. The highest BCUT2D eigenvalue weighted by Crippen LogP contribution is 2.31. The van der Waals surface area contributed by atoms with E-state index in [9.17, 15) is 4.79 Å². The van der Waals surface area contributed by atoms with E-state index in [0.29, 0.717) is 21.4 Å². The van der Waals surface area contributed by atoms with Gasteiger partial charge in [0.25, 0.3) is 0 Å². The maximum absolute atomic E-state index is 13.0. The third kappa shape index (κ3) is 4.75. The predicted octanol–water partition coefficient (Wildman–Crippen LogP) is 5.56. The van der Waals surface area contributed by atoms with Crippen LogP contribution in [0, 0.1) is 0 Å². The van der Waals surface area contributed by atoms with E-state index in [1.165, 1.54) is 11.3 Å². The number of anilines is 3. The highest BCUT2D eigenvalue weighted by Gasteiger charge is 2.19. The predicted molar refractivity (Wildman–Crippen MR) is 119 cm³/mol. The Morgan fingerprint density at radius 3 is 2.17 bits per heavy atom. The van der Waals surface area contributed by atoms with Gasteiger partial charge in [0.1, 0.15) is 4.88 Å². The van der Waals surface area contributed by atoms with Gasteiger partial charge in [0.15, 0.2) is 10.9 Å². The van der Waals surface area contributed by atoms with E-state index in [0.717, 1.165) is 11.3 Å². The fraction of sp³-hybridized carbons (Fsp3) is 0. The standard InChI is InChI=1S/C23H18N4OS/c28-20(18-12-6-2-7-13-18)21-22(27-24-16-17-10-4-1-5-11-17)26-23(29-21)25-19-14-8-3-9-15-19/h1-16,27H,(H,25,26)/b24-16+. The fourth-order valence-electron chi connectivity index (χ4n) is 2.68. The Labute approximate surface area is 172 Å². The summed E-state index contributed by atoms with van der Waals surface area (Å²) in [5.41, 5.74) is 5.39. The molecule has 2 N–H and O–H groups in total. The average molecular weight is 398 g/mol. The molecule has 4 rings (SSSR count). The molecule has 0 aliphatic heterocycles. The molecule has 5 nitrogen and oxygen atoms in total. The Hall–Kier alpha value is -3.77. The Bertz CT molecular complexity index is 1110. The third-order valence-electron chi connectivity index (χ3n) is 4.08. The van der Waals surface area contributed by atoms with Gasteiger partial charge in [-0.25, -0.2) is 4.98 Å². The number of para-hydroxylation sites is 1. The van der Waals surface area contributed by atoms with Gasteiger partial charge in [-0.15, -0.1) is 0 Å². The van der Waals surface area contributed by atoms with Crippen LogP contribution in [0.4, 0.5) is 16.6 Å². The Kier molecular flexibility index (Phi) is 5.73. The zero-order chi connectivity index (χ0) is 19.9. The van der Waals surface area contributed by atoms with Crippen molar-refractivity contribution < 1.29 is 4.79 Å². The zero-order valence-corrected chi connectivity index (χ0v) is 16.3. The van der Waals surface area contributed by atoms with Crippen LogP contribution in [0.25, 0.3) is 0 Å². The van der Waals surface area contributed by atoms with Gasteiger partial charge in [-0.3, -0.25) is 10.2 Å². The maximum Gasteiger partial charge on any atom is 0.206 e. The summed E-state index contributed by atoms with van der Waals surface area (Å²) in [5.74, 6) is 0.330. The van der Waals surface area contributed by atoms with Crippen LogP contribution in [0.1, 0.15) is 20.8 Å². The van der Waals surface area contributed by atoms with Crippen LogP contribution in [-0.4, -0.2) is 17.0 Å². The third-order valence-corrected chi connectivity index (χ3v) is 5.05. The number of aromatic nitrogens is 1. The largest absolute Gasteiger partial charge is 0.331 e. The van der Waals surface area contributed by atoms with Crippen LogP contribution in [0.5, 0.6) is 0 Å². The van der Waals surface area contributed by atoms with Crippen LogP contribution in [0.3, 0.4) is 0 Å². The van der Waals surface area contributed by atoms with Crippen molar-refractivity contribution in [2.24, 2.45) is 5.10 Å². The SMILES string of the molecule is O=C(c1ccccc1)c1sc(Nc2ccccc2)nc1N/N=C/c1ccccc1. The summed E-state index contributed by atoms with van der Waals surface area (Å²) in [6.45, 7) is 0. The van der Waals surface area contributed by atoms with Crippen molar-refractivity contribution >= 4 is 40.0 Å². The van der Waals surface area contributed by atoms with Crippen LogP contribution < -0.4 is 10.7 Å². The van der Waals surface area contributed by atoms with E-state index in [1.807, 2.05) is 78.9 Å². The number of thiazole rings is 1. The first-order chi connectivity index (χ1) is 14.3. The van der Waals surface area contributed by atoms with Crippen molar-refractivity contribution in [3.63, 3.8) is 0 Å². The summed E-state index contributed by atoms with van der Waals surface area (Å²) in [5, 5.41) is 8.12. The number of ketones is 1. The smallest absolute Gasteiger partial charge is 0.206 e. The van der Waals surface area contributed by atoms with E-state index in [-0.39, 0.29) is 5.78 Å². The molecule has 0 amide bonds. The molecule has 1 heterocycles. The first kappa shape index (κ1) is 18.6. The zero-order valence-electron chi connectivity index (χ0n) is 15.4. The van der Waals surface area contributed by atoms with Gasteiger partial charge < -0.3 is 5.32 Å². The minimum absolute atomic E-state index is 0.0957. The number of hydrogen-bond donors (Lipinski definition) is 2. The van der Waals surface area contributed by atoms with Crippen LogP contribution in [0.15, 0.2) is 96.1 Å². The number of carbonyl (C=O) groups excluding carboxylic acids is 1. The van der Waals surface area contributed by atoms with Crippen molar-refractivity contribution in [1.29, 1.82) is 0 Å². The molecule has 1 aromatic heterocycles. The van der Waals surface area contributed by atoms with Crippen molar-refractivity contribution in [2.45, 2.75) is 0 Å². The second-order valence-corrected chi connectivity index (χ2v) is 7.16. The summed E-state index contributed by atoms with van der Waals surface area (Å²) in [6, 6.07) is 28.6. The second kappa shape index (κ2) is 8.95. The van der Waals surface area contributed by atoms with Gasteiger partial charge in [0.2, 0.25) is 5.78 Å². The lowest BCUT2D eigenvalue weighted by atomic mass is 10.1. The Morgan fingerprint density at radius 1 is 0.862 bits per heavy atom. The molecule has 0 aliphatic rings. The number of nitrogens with zero attached hydrogens (tertiary/aromatic N) is 2. The second-order valence-electron chi connectivity index (χ2n) is 6.16. The molecule has 0 unspecified atom stereocenters. The normalized spacial score (nSPS) is 10.8. The molecule has 0 saturated heterocycles. The van der Waals surface area contributed by atoms with Crippen LogP contribution in [-0.2, 0) is 0 Å². The van der Waals surface area contributed by atoms with Gasteiger partial charge in [0.05, 0.1) is 6.21 Å². The molecule has 142 valence electrons. The number of nitrogens with one attached hydrogen (secondary N) is 2. The molecule has 0 saturated carbocycles. The highest BCUT2D eigenvalue weighted by molar-refractivity contribution is 7.18. The molecule has 29 heavy (non-hydrogen) atoms. The van der Waals surface area contributed by atoms with Gasteiger partial charge in [0, 0.05) is 11.3 Å². The molecule has 0 radical (unpaired) electrons. The van der Waals surface area contributed by atoms with Gasteiger partial charge in [-0.2, -0.15) is 5.10 Å². The summed E-state index contributed by atoms with van der Waals surface area (Å²) in [4.78, 5) is 18.1. The van der Waals surface area contributed by atoms with Gasteiger partial charge in [-0.1, -0.05) is 90.2 Å². The van der Waals surface area contributed by atoms with E-state index in [1.54, 1.807) is 18.3 Å². The van der Waals surface area contributed by atoms with E-state index in [4.69, 9.17) is 0 Å². The number of carbonyl (C=O) groups is 1. The Morgan fingerprint density at radius 2 is 1.48 bits per heavy atom. The summed E-state index contributed by atoms with van der Waals surface area (Å²) < 4.78 is 0. The van der Waals surface area contributed by atoms with Crippen molar-refractivity contribution in [3.8, 4) is 0 Å². The molecule has 0 spiro atoms. The molecule has 6 heteroatoms. The highest BCUT2D eigenvalue weighted by atomic mass is 32.1. The monoisotopic (exact) mass is 398 g/mol. The maximum atomic E-state index is 13.0. The van der Waals surface area contributed by atoms with Gasteiger partial charge in [-0.05, 0) is 17.7 Å². The molecule has 0 atom stereocenters.